The van der Waals surface area contributed by atoms with E-state index in [1.165, 1.54) is 17.0 Å². The highest BCUT2D eigenvalue weighted by Crippen LogP contribution is 2.40. The molecular weight excluding hydrogens is 408 g/mol. The normalized spacial score (nSPS) is 17.9. The van der Waals surface area contributed by atoms with E-state index < -0.39 is 17.7 Å². The smallest absolute Gasteiger partial charge is 0.295 e. The largest absolute Gasteiger partial charge is 0.508 e. The number of hydrogen-bond donors (Lipinski definition) is 2. The number of nitrogens with zero attached hydrogens (tertiary/aromatic N) is 2. The Labute approximate surface area is 188 Å². The molecule has 2 aromatic carbocycles. The fourth-order valence-corrected chi connectivity index (χ4v) is 3.82. The van der Waals surface area contributed by atoms with E-state index in [9.17, 15) is 19.8 Å². The second kappa shape index (κ2) is 10.3. The molecule has 7 heteroatoms. The SMILES string of the molecule is CCCOc1cccc(/C(O)=C2\C(=O)C(=O)N(CCCN(C)C)C2c2cccc(O)c2)c1. The third-order valence-corrected chi connectivity index (χ3v) is 5.31. The number of phenols is 1. The summed E-state index contributed by atoms with van der Waals surface area (Å²) in [6.45, 7) is 3.62. The Balaban J connectivity index is 2.06. The number of amides is 1. The van der Waals surface area contributed by atoms with Crippen LogP contribution in [0.1, 0.15) is 36.9 Å². The number of benzene rings is 2. The molecule has 3 rings (SSSR count). The summed E-state index contributed by atoms with van der Waals surface area (Å²) in [6, 6.07) is 12.5. The van der Waals surface area contributed by atoms with Crippen molar-refractivity contribution in [3.05, 3.63) is 65.2 Å². The molecule has 0 spiro atoms. The fraction of sp³-hybridized carbons (Fsp3) is 0.360. The van der Waals surface area contributed by atoms with Gasteiger partial charge in [0.2, 0.25) is 0 Å². The molecule has 0 saturated carbocycles. The topological polar surface area (TPSA) is 90.3 Å². The minimum atomic E-state index is -0.788. The number of ketones is 1. The number of hydrogen-bond acceptors (Lipinski definition) is 6. The van der Waals surface area contributed by atoms with Crippen molar-refractivity contribution in [1.82, 2.24) is 9.80 Å². The van der Waals surface area contributed by atoms with Crippen molar-refractivity contribution in [1.29, 1.82) is 0 Å². The molecule has 1 amide bonds. The number of carbonyl (C=O) groups is 2. The maximum Gasteiger partial charge on any atom is 0.295 e. The first kappa shape index (κ1) is 23.3. The number of Topliss-reactive ketones (excluding diaryl/α,β-unsaturated/α-hetero) is 1. The molecule has 2 N–H and O–H groups in total. The molecule has 1 saturated heterocycles. The monoisotopic (exact) mass is 438 g/mol. The van der Waals surface area contributed by atoms with Gasteiger partial charge in [-0.25, -0.2) is 0 Å². The molecule has 170 valence electrons. The van der Waals surface area contributed by atoms with Gasteiger partial charge in [0.25, 0.3) is 11.7 Å². The van der Waals surface area contributed by atoms with Crippen molar-refractivity contribution in [2.45, 2.75) is 25.8 Å². The van der Waals surface area contributed by atoms with Gasteiger partial charge in [0.1, 0.15) is 17.3 Å². The van der Waals surface area contributed by atoms with E-state index in [-0.39, 0.29) is 17.1 Å². The molecule has 1 atom stereocenters. The van der Waals surface area contributed by atoms with Crippen LogP contribution in [0.25, 0.3) is 5.76 Å². The van der Waals surface area contributed by atoms with Crippen molar-refractivity contribution in [2.75, 3.05) is 33.8 Å². The lowest BCUT2D eigenvalue weighted by Crippen LogP contribution is -2.32. The molecule has 1 aliphatic rings. The average Bonchev–Trinajstić information content (AvgIpc) is 3.02. The quantitative estimate of drug-likeness (QED) is 0.354. The van der Waals surface area contributed by atoms with Crippen molar-refractivity contribution in [3.63, 3.8) is 0 Å². The van der Waals surface area contributed by atoms with E-state index in [4.69, 9.17) is 4.74 Å². The molecule has 1 unspecified atom stereocenters. The van der Waals surface area contributed by atoms with Crippen LogP contribution in [-0.4, -0.2) is 65.5 Å². The highest BCUT2D eigenvalue weighted by molar-refractivity contribution is 6.46. The average molecular weight is 439 g/mol. The number of likely N-dealkylation sites (tertiary alicyclic amines) is 1. The van der Waals surface area contributed by atoms with Crippen molar-refractivity contribution < 1.29 is 24.5 Å². The van der Waals surface area contributed by atoms with Crippen LogP contribution < -0.4 is 4.74 Å². The number of aliphatic hydroxyl groups is 1. The number of rotatable bonds is 9. The molecule has 0 aliphatic carbocycles. The van der Waals surface area contributed by atoms with Crippen LogP contribution in [0, 0.1) is 0 Å². The summed E-state index contributed by atoms with van der Waals surface area (Å²) in [5, 5.41) is 21.2. The lowest BCUT2D eigenvalue weighted by Gasteiger charge is -2.26. The van der Waals surface area contributed by atoms with Crippen LogP contribution in [0.15, 0.2) is 54.1 Å². The van der Waals surface area contributed by atoms with Gasteiger partial charge in [-0.1, -0.05) is 31.2 Å². The Morgan fingerprint density at radius 2 is 1.88 bits per heavy atom. The summed E-state index contributed by atoms with van der Waals surface area (Å²) >= 11 is 0. The third-order valence-electron chi connectivity index (χ3n) is 5.31. The molecule has 1 heterocycles. The first-order valence-electron chi connectivity index (χ1n) is 10.8. The Bertz CT molecular complexity index is 1010. The summed E-state index contributed by atoms with van der Waals surface area (Å²) in [7, 11) is 3.88. The van der Waals surface area contributed by atoms with Gasteiger partial charge in [0, 0.05) is 12.1 Å². The fourth-order valence-electron chi connectivity index (χ4n) is 3.82. The van der Waals surface area contributed by atoms with E-state index in [2.05, 4.69) is 0 Å². The Hall–Kier alpha value is -3.32. The zero-order chi connectivity index (χ0) is 23.3. The molecule has 0 aromatic heterocycles. The minimum Gasteiger partial charge on any atom is -0.508 e. The number of carbonyl (C=O) groups excluding carboxylic acids is 2. The van der Waals surface area contributed by atoms with Crippen LogP contribution in [0.2, 0.25) is 0 Å². The van der Waals surface area contributed by atoms with Crippen molar-refractivity contribution in [2.24, 2.45) is 0 Å². The van der Waals surface area contributed by atoms with E-state index in [1.54, 1.807) is 36.4 Å². The van der Waals surface area contributed by atoms with E-state index in [1.807, 2.05) is 25.9 Å². The molecule has 7 nitrogen and oxygen atoms in total. The zero-order valence-electron chi connectivity index (χ0n) is 18.7. The molecule has 1 aliphatic heterocycles. The van der Waals surface area contributed by atoms with Crippen LogP contribution >= 0.6 is 0 Å². The van der Waals surface area contributed by atoms with Gasteiger partial charge in [-0.05, 0) is 63.3 Å². The highest BCUT2D eigenvalue weighted by Gasteiger charge is 2.45. The molecule has 0 radical (unpaired) electrons. The van der Waals surface area contributed by atoms with Gasteiger partial charge >= 0.3 is 0 Å². The third kappa shape index (κ3) is 5.11. The van der Waals surface area contributed by atoms with Crippen LogP contribution in [0.4, 0.5) is 0 Å². The van der Waals surface area contributed by atoms with Crippen LogP contribution in [-0.2, 0) is 9.59 Å². The van der Waals surface area contributed by atoms with Gasteiger partial charge in [0.15, 0.2) is 0 Å². The van der Waals surface area contributed by atoms with Crippen molar-refractivity contribution in [3.8, 4) is 11.5 Å². The summed E-state index contributed by atoms with van der Waals surface area (Å²) in [4.78, 5) is 29.5. The Morgan fingerprint density at radius 3 is 2.56 bits per heavy atom. The molecule has 1 fully saturated rings. The number of aromatic hydroxyl groups is 1. The first-order chi connectivity index (χ1) is 15.3. The van der Waals surface area contributed by atoms with Gasteiger partial charge in [-0.3, -0.25) is 9.59 Å². The second-order valence-electron chi connectivity index (χ2n) is 8.12. The Morgan fingerprint density at radius 1 is 1.12 bits per heavy atom. The lowest BCUT2D eigenvalue weighted by atomic mass is 9.95. The van der Waals surface area contributed by atoms with Gasteiger partial charge in [-0.2, -0.15) is 0 Å². The molecule has 0 bridgehead atoms. The van der Waals surface area contributed by atoms with E-state index in [0.717, 1.165) is 13.0 Å². The van der Waals surface area contributed by atoms with Crippen molar-refractivity contribution >= 4 is 17.4 Å². The molecule has 2 aromatic rings. The summed E-state index contributed by atoms with van der Waals surface area (Å²) < 4.78 is 5.65. The highest BCUT2D eigenvalue weighted by atomic mass is 16.5. The minimum absolute atomic E-state index is 0.0121. The number of ether oxygens (including phenoxy) is 1. The predicted molar refractivity (Wildman–Crippen MR) is 123 cm³/mol. The van der Waals surface area contributed by atoms with E-state index >= 15 is 0 Å². The van der Waals surface area contributed by atoms with Crippen LogP contribution in [0.3, 0.4) is 0 Å². The van der Waals surface area contributed by atoms with Gasteiger partial charge in [-0.15, -0.1) is 0 Å². The first-order valence-corrected chi connectivity index (χ1v) is 10.8. The predicted octanol–water partition coefficient (Wildman–Crippen LogP) is 3.55. The van der Waals surface area contributed by atoms with Gasteiger partial charge in [0.05, 0.1) is 18.2 Å². The second-order valence-corrected chi connectivity index (χ2v) is 8.12. The van der Waals surface area contributed by atoms with E-state index in [0.29, 0.717) is 36.4 Å². The summed E-state index contributed by atoms with van der Waals surface area (Å²) in [5.74, 6) is -1.05. The summed E-state index contributed by atoms with van der Waals surface area (Å²) in [5.41, 5.74) is 0.974. The zero-order valence-corrected chi connectivity index (χ0v) is 18.7. The summed E-state index contributed by atoms with van der Waals surface area (Å²) in [6.07, 6.45) is 1.50. The lowest BCUT2D eigenvalue weighted by molar-refractivity contribution is -0.139. The van der Waals surface area contributed by atoms with Gasteiger partial charge < -0.3 is 24.7 Å². The molecular formula is C25H30N2O5. The standard InChI is InChI=1S/C25H30N2O5/c1-4-14-32-20-11-6-9-18(16-20)23(29)21-22(17-8-5-10-19(28)15-17)27(25(31)24(21)30)13-7-12-26(2)3/h5-6,8-11,15-16,22,28-29H,4,7,12-14H2,1-3H3/b23-21+. The maximum atomic E-state index is 13.0. The number of phenolic OH excluding ortho intramolecular Hbond substituents is 1. The molecule has 32 heavy (non-hydrogen) atoms. The Kier molecular flexibility index (Phi) is 7.53. The van der Waals surface area contributed by atoms with Crippen LogP contribution in [0.5, 0.6) is 11.5 Å². The number of aliphatic hydroxyl groups excluding tert-OH is 1. The maximum absolute atomic E-state index is 13.0.